The fraction of sp³-hybridized carbons (Fsp3) is 0.333. The van der Waals surface area contributed by atoms with Gasteiger partial charge in [-0.15, -0.1) is 13.2 Å². The number of rotatable bonds is 6. The van der Waals surface area contributed by atoms with Crippen LogP contribution in [0.2, 0.25) is 0 Å². The normalized spacial score (nSPS) is 11.2. The van der Waals surface area contributed by atoms with Crippen LogP contribution in [-0.4, -0.2) is 30.5 Å². The van der Waals surface area contributed by atoms with E-state index in [0.717, 1.165) is 29.0 Å². The maximum absolute atomic E-state index is 14.4. The highest BCUT2D eigenvalue weighted by Crippen LogP contribution is 2.27. The molecule has 2 N–H and O–H groups in total. The second-order valence-corrected chi connectivity index (χ2v) is 6.92. The summed E-state index contributed by atoms with van der Waals surface area (Å²) in [6.07, 6.45) is -3.72. The zero-order valence-electron chi connectivity index (χ0n) is 16.2. The molecule has 1 amide bonds. The quantitative estimate of drug-likeness (QED) is 0.384. The lowest BCUT2D eigenvalue weighted by Crippen LogP contribution is -2.36. The monoisotopic (exact) mass is 466 g/mol. The number of benzene rings is 1. The van der Waals surface area contributed by atoms with Gasteiger partial charge < -0.3 is 9.30 Å². The Hall–Kier alpha value is -3.06. The molecule has 170 valence electrons. The van der Waals surface area contributed by atoms with E-state index in [2.05, 4.69) is 4.74 Å². The van der Waals surface area contributed by atoms with Crippen LogP contribution in [0.1, 0.15) is 20.3 Å². The molecule has 0 spiro atoms. The molecule has 0 saturated carbocycles. The van der Waals surface area contributed by atoms with Crippen molar-refractivity contribution in [2.75, 3.05) is 0 Å². The predicted molar refractivity (Wildman–Crippen MR) is 100 cm³/mol. The maximum Gasteiger partial charge on any atom is 0.573 e. The Bertz CT molecular complexity index is 1000. The number of aryl methyl sites for hydroxylation is 1. The smallest absolute Gasteiger partial charge is 0.406 e. The molecule has 1 aromatic heterocycles. The largest absolute Gasteiger partial charge is 0.573 e. The highest BCUT2D eigenvalue weighted by Gasteiger charge is 2.31. The second kappa shape index (κ2) is 10.8. The third kappa shape index (κ3) is 7.94. The third-order valence-electron chi connectivity index (χ3n) is 4.17. The first-order valence-electron chi connectivity index (χ1n) is 8.47. The van der Waals surface area contributed by atoms with Crippen molar-refractivity contribution in [2.45, 2.75) is 33.2 Å². The van der Waals surface area contributed by atoms with Gasteiger partial charge in [0.2, 0.25) is 5.91 Å². The van der Waals surface area contributed by atoms with Gasteiger partial charge in [-0.05, 0) is 24.1 Å². The summed E-state index contributed by atoms with van der Waals surface area (Å²) in [5.74, 6) is -1.86. The van der Waals surface area contributed by atoms with Crippen LogP contribution in [0.5, 0.6) is 5.75 Å². The van der Waals surface area contributed by atoms with Gasteiger partial charge in [-0.1, -0.05) is 26.0 Å². The average molecular weight is 466 g/mol. The molecule has 0 radical (unpaired) electrons. The van der Waals surface area contributed by atoms with Crippen molar-refractivity contribution in [1.82, 2.24) is 10.0 Å². The maximum atomic E-state index is 14.4. The Morgan fingerprint density at radius 3 is 2.23 bits per heavy atom. The van der Waals surface area contributed by atoms with E-state index < -0.39 is 46.4 Å². The Balaban J connectivity index is 0.00000151. The molecule has 13 heteroatoms. The van der Waals surface area contributed by atoms with Gasteiger partial charge in [0, 0.05) is 29.8 Å². The highest BCUT2D eigenvalue weighted by molar-refractivity contribution is 7.51. The summed E-state index contributed by atoms with van der Waals surface area (Å²) in [6.45, 7) is 3.13. The van der Waals surface area contributed by atoms with Crippen molar-refractivity contribution in [3.8, 4) is 16.9 Å². The zero-order chi connectivity index (χ0) is 23.8. The number of alkyl halides is 3. The third-order valence-corrected chi connectivity index (χ3v) is 4.17. The molecule has 0 fully saturated rings. The molecule has 0 bridgehead atoms. The second-order valence-electron chi connectivity index (χ2n) is 6.78. The van der Waals surface area contributed by atoms with E-state index in [1.807, 2.05) is 0 Å². The summed E-state index contributed by atoms with van der Waals surface area (Å²) in [4.78, 5) is 23.8. The lowest BCUT2D eigenvalue weighted by Gasteiger charge is -2.22. The SMILES string of the molecule is CC(C)(CCn1cc(F)c(-c2ccc(OC(F)(F)F)cc2)cc1=O)C(=O)NO.O=S=O. The first kappa shape index (κ1) is 26.0. The number of halogens is 4. The van der Waals surface area contributed by atoms with Gasteiger partial charge in [-0.2, -0.15) is 8.42 Å². The van der Waals surface area contributed by atoms with Crippen LogP contribution in [0.15, 0.2) is 41.3 Å². The number of hydrogen-bond donors (Lipinski definition) is 2. The molecule has 2 rings (SSSR count). The van der Waals surface area contributed by atoms with Crippen molar-refractivity contribution in [2.24, 2.45) is 5.41 Å². The minimum absolute atomic E-state index is 0.0226. The van der Waals surface area contributed by atoms with Crippen LogP contribution in [0.25, 0.3) is 11.1 Å². The van der Waals surface area contributed by atoms with Gasteiger partial charge >= 0.3 is 17.9 Å². The minimum Gasteiger partial charge on any atom is -0.406 e. The van der Waals surface area contributed by atoms with Crippen LogP contribution < -0.4 is 15.8 Å². The summed E-state index contributed by atoms with van der Waals surface area (Å²) < 4.78 is 72.4. The summed E-state index contributed by atoms with van der Waals surface area (Å²) in [5, 5.41) is 8.71. The van der Waals surface area contributed by atoms with Crippen LogP contribution in [0.4, 0.5) is 17.6 Å². The summed E-state index contributed by atoms with van der Waals surface area (Å²) in [5.41, 5.74) is 0.127. The molecule has 0 aliphatic carbocycles. The highest BCUT2D eigenvalue weighted by atomic mass is 32.1. The first-order chi connectivity index (χ1) is 14.3. The van der Waals surface area contributed by atoms with Gasteiger partial charge in [-0.3, -0.25) is 14.8 Å². The average Bonchev–Trinajstić information content (AvgIpc) is 2.67. The van der Waals surface area contributed by atoms with Crippen LogP contribution in [0, 0.1) is 11.2 Å². The zero-order valence-corrected chi connectivity index (χ0v) is 17.1. The number of ether oxygens (including phenoxy) is 1. The van der Waals surface area contributed by atoms with Crippen molar-refractivity contribution in [3.05, 3.63) is 52.7 Å². The standard InChI is InChI=1S/C18H18F4N2O4.O2S/c1-17(2,16(26)23-27)7-8-24-10-14(19)13(9-15(24)25)11-3-5-12(6-4-11)28-18(20,21)22;1-3-2/h3-6,9-10,27H,7-8H2,1-2H3,(H,23,26);. The number of pyridine rings is 1. The lowest BCUT2D eigenvalue weighted by molar-refractivity contribution is -0.274. The summed E-state index contributed by atoms with van der Waals surface area (Å²) in [6, 6.07) is 5.47. The van der Waals surface area contributed by atoms with Gasteiger partial charge in [0.15, 0.2) is 0 Å². The number of aromatic nitrogens is 1. The van der Waals surface area contributed by atoms with Crippen LogP contribution in [0.3, 0.4) is 0 Å². The van der Waals surface area contributed by atoms with E-state index in [9.17, 15) is 27.2 Å². The van der Waals surface area contributed by atoms with E-state index in [4.69, 9.17) is 13.6 Å². The lowest BCUT2D eigenvalue weighted by atomic mass is 9.88. The van der Waals surface area contributed by atoms with E-state index >= 15 is 0 Å². The van der Waals surface area contributed by atoms with Gasteiger partial charge in [0.25, 0.3) is 5.56 Å². The summed E-state index contributed by atoms with van der Waals surface area (Å²) in [7, 11) is 0. The number of hydrogen-bond acceptors (Lipinski definition) is 6. The molecule has 1 aromatic carbocycles. The predicted octanol–water partition coefficient (Wildman–Crippen LogP) is 2.80. The molecule has 0 saturated heterocycles. The van der Waals surface area contributed by atoms with Gasteiger partial charge in [0.05, 0.1) is 0 Å². The number of carbonyl (C=O) groups excluding carboxylic acids is 1. The summed E-state index contributed by atoms with van der Waals surface area (Å²) >= 11 is -0.750. The van der Waals surface area contributed by atoms with E-state index in [-0.39, 0.29) is 24.1 Å². The molecular weight excluding hydrogens is 448 g/mol. The van der Waals surface area contributed by atoms with Crippen molar-refractivity contribution < 1.29 is 40.7 Å². The van der Waals surface area contributed by atoms with E-state index in [1.165, 1.54) is 17.6 Å². The number of hydroxylamine groups is 1. The van der Waals surface area contributed by atoms with E-state index in [0.29, 0.717) is 0 Å². The van der Waals surface area contributed by atoms with Gasteiger partial charge in [0.1, 0.15) is 11.6 Å². The molecule has 0 aliphatic rings. The Morgan fingerprint density at radius 2 is 1.74 bits per heavy atom. The van der Waals surface area contributed by atoms with Gasteiger partial charge in [-0.25, -0.2) is 9.87 Å². The topological polar surface area (TPSA) is 115 Å². The Morgan fingerprint density at radius 1 is 1.19 bits per heavy atom. The molecule has 0 atom stereocenters. The van der Waals surface area contributed by atoms with Crippen molar-refractivity contribution >= 4 is 17.5 Å². The molecular formula is C18H18F4N2O6S. The molecule has 2 aromatic rings. The fourth-order valence-electron chi connectivity index (χ4n) is 2.44. The van der Waals surface area contributed by atoms with Crippen LogP contribution >= 0.6 is 0 Å². The fourth-order valence-corrected chi connectivity index (χ4v) is 2.44. The van der Waals surface area contributed by atoms with Crippen LogP contribution in [-0.2, 0) is 22.9 Å². The molecule has 31 heavy (non-hydrogen) atoms. The number of nitrogens with zero attached hydrogens (tertiary/aromatic N) is 1. The van der Waals surface area contributed by atoms with Crippen molar-refractivity contribution in [3.63, 3.8) is 0 Å². The number of amides is 1. The molecule has 8 nitrogen and oxygen atoms in total. The van der Waals surface area contributed by atoms with E-state index in [1.54, 1.807) is 13.8 Å². The number of carbonyl (C=O) groups is 1. The molecule has 1 heterocycles. The Kier molecular flexibility index (Phi) is 9.06. The molecule has 0 unspecified atom stereocenters. The minimum atomic E-state index is -4.84. The van der Waals surface area contributed by atoms with Crippen molar-refractivity contribution in [1.29, 1.82) is 0 Å². The Labute approximate surface area is 177 Å². The number of nitrogens with one attached hydrogen (secondary N) is 1. The molecule has 0 aliphatic heterocycles. The first-order valence-corrected chi connectivity index (χ1v) is 9.14.